The molecule has 0 aliphatic carbocycles. The van der Waals surface area contributed by atoms with Crippen molar-refractivity contribution in [3.05, 3.63) is 95.0 Å². The van der Waals surface area contributed by atoms with Crippen molar-refractivity contribution in [2.24, 2.45) is 0 Å². The molecule has 0 unspecified atom stereocenters. The van der Waals surface area contributed by atoms with Crippen LogP contribution in [0.2, 0.25) is 5.02 Å². The van der Waals surface area contributed by atoms with Crippen LogP contribution in [-0.2, 0) is 0 Å². The van der Waals surface area contributed by atoms with Gasteiger partial charge in [-0.3, -0.25) is 9.59 Å². The number of rotatable bonds is 4. The van der Waals surface area contributed by atoms with Crippen molar-refractivity contribution in [3.8, 4) is 11.3 Å². The second kappa shape index (κ2) is 8.58. The molecule has 4 rings (SSSR count). The molecule has 31 heavy (non-hydrogen) atoms. The maximum absolute atomic E-state index is 13.2. The van der Waals surface area contributed by atoms with Gasteiger partial charge < -0.3 is 10.2 Å². The minimum absolute atomic E-state index is 0.129. The van der Waals surface area contributed by atoms with E-state index in [-0.39, 0.29) is 11.8 Å². The summed E-state index contributed by atoms with van der Waals surface area (Å²) in [6.45, 7) is 0. The average Bonchev–Trinajstić information content (AvgIpc) is 2.78. The Hall–Kier alpha value is -3.70. The molecule has 1 aromatic heterocycles. The van der Waals surface area contributed by atoms with Gasteiger partial charge in [0.05, 0.1) is 16.8 Å². The molecule has 5 nitrogen and oxygen atoms in total. The summed E-state index contributed by atoms with van der Waals surface area (Å²) in [5, 5.41) is 4.30. The number of amides is 2. The lowest BCUT2D eigenvalue weighted by Crippen LogP contribution is -2.22. The number of nitrogens with zero attached hydrogens (tertiary/aromatic N) is 2. The first kappa shape index (κ1) is 20.6. The number of pyridine rings is 1. The summed E-state index contributed by atoms with van der Waals surface area (Å²) in [6.07, 6.45) is 0. The zero-order valence-corrected chi connectivity index (χ0v) is 17.9. The highest BCUT2D eigenvalue weighted by molar-refractivity contribution is 6.30. The minimum atomic E-state index is -0.275. The van der Waals surface area contributed by atoms with Gasteiger partial charge in [0.25, 0.3) is 11.8 Å². The average molecular weight is 430 g/mol. The second-order valence-electron chi connectivity index (χ2n) is 7.31. The van der Waals surface area contributed by atoms with E-state index < -0.39 is 0 Å². The van der Waals surface area contributed by atoms with Crippen LogP contribution in [0, 0.1) is 0 Å². The minimum Gasteiger partial charge on any atom is -0.345 e. The van der Waals surface area contributed by atoms with Crippen molar-refractivity contribution < 1.29 is 9.59 Å². The van der Waals surface area contributed by atoms with Crippen LogP contribution < -0.4 is 5.32 Å². The van der Waals surface area contributed by atoms with E-state index in [9.17, 15) is 9.59 Å². The fourth-order valence-electron chi connectivity index (χ4n) is 3.32. The van der Waals surface area contributed by atoms with Gasteiger partial charge in [-0.05, 0) is 42.5 Å². The monoisotopic (exact) mass is 429 g/mol. The largest absolute Gasteiger partial charge is 0.345 e. The second-order valence-corrected chi connectivity index (χ2v) is 7.75. The highest BCUT2D eigenvalue weighted by atomic mass is 35.5. The summed E-state index contributed by atoms with van der Waals surface area (Å²) in [6, 6.07) is 23.5. The normalized spacial score (nSPS) is 10.7. The molecule has 0 bridgehead atoms. The first-order valence-corrected chi connectivity index (χ1v) is 10.1. The Balaban J connectivity index is 1.73. The number of hydrogen-bond acceptors (Lipinski definition) is 3. The van der Waals surface area contributed by atoms with E-state index in [0.29, 0.717) is 27.5 Å². The summed E-state index contributed by atoms with van der Waals surface area (Å²) in [7, 11) is 3.38. The van der Waals surface area contributed by atoms with Crippen molar-refractivity contribution >= 4 is 40.0 Å². The Labute approximate surface area is 185 Å². The molecule has 0 fully saturated rings. The van der Waals surface area contributed by atoms with Crippen LogP contribution in [0.3, 0.4) is 0 Å². The SMILES string of the molecule is CN(C)C(=O)c1cccc(NC(=O)c2cc(-c3ccc(Cl)cc3)nc3ccccc23)c1. The number of halogens is 1. The van der Waals surface area contributed by atoms with Crippen molar-refractivity contribution in [3.63, 3.8) is 0 Å². The Bertz CT molecular complexity index is 1280. The molecule has 4 aromatic rings. The van der Waals surface area contributed by atoms with Crippen molar-refractivity contribution in [1.29, 1.82) is 0 Å². The smallest absolute Gasteiger partial charge is 0.256 e. The fraction of sp³-hybridized carbons (Fsp3) is 0.0800. The fourth-order valence-corrected chi connectivity index (χ4v) is 3.44. The predicted molar refractivity (Wildman–Crippen MR) is 125 cm³/mol. The van der Waals surface area contributed by atoms with E-state index in [0.717, 1.165) is 16.5 Å². The molecule has 0 saturated carbocycles. The summed E-state index contributed by atoms with van der Waals surface area (Å²) in [4.78, 5) is 31.7. The quantitative estimate of drug-likeness (QED) is 0.465. The molecular formula is C25H20ClN3O2. The molecule has 6 heteroatoms. The maximum atomic E-state index is 13.2. The molecule has 154 valence electrons. The molecule has 0 aliphatic rings. The van der Waals surface area contributed by atoms with Crippen LogP contribution >= 0.6 is 11.6 Å². The first-order chi connectivity index (χ1) is 14.9. The maximum Gasteiger partial charge on any atom is 0.256 e. The first-order valence-electron chi connectivity index (χ1n) is 9.71. The summed E-state index contributed by atoms with van der Waals surface area (Å²) in [5.41, 5.74) is 3.81. The van der Waals surface area contributed by atoms with Crippen molar-refractivity contribution in [2.45, 2.75) is 0 Å². The molecule has 0 aliphatic heterocycles. The summed E-state index contributed by atoms with van der Waals surface area (Å²) in [5.74, 6) is -0.404. The zero-order valence-electron chi connectivity index (χ0n) is 17.1. The van der Waals surface area contributed by atoms with Crippen LogP contribution in [0.15, 0.2) is 78.9 Å². The lowest BCUT2D eigenvalue weighted by molar-refractivity contribution is 0.0827. The van der Waals surface area contributed by atoms with E-state index in [1.54, 1.807) is 56.6 Å². The van der Waals surface area contributed by atoms with Crippen LogP contribution in [-0.4, -0.2) is 35.8 Å². The number of fused-ring (bicyclic) bond motifs is 1. The van der Waals surface area contributed by atoms with Gasteiger partial charge in [-0.2, -0.15) is 0 Å². The van der Waals surface area contributed by atoms with Gasteiger partial charge in [-0.1, -0.05) is 48.0 Å². The van der Waals surface area contributed by atoms with Crippen LogP contribution in [0.5, 0.6) is 0 Å². The molecule has 0 radical (unpaired) electrons. The molecule has 1 heterocycles. The number of nitrogens with one attached hydrogen (secondary N) is 1. The topological polar surface area (TPSA) is 62.3 Å². The van der Waals surface area contributed by atoms with E-state index in [1.807, 2.05) is 36.4 Å². The molecular weight excluding hydrogens is 410 g/mol. The van der Waals surface area contributed by atoms with E-state index in [1.165, 1.54) is 4.90 Å². The number of hydrogen-bond donors (Lipinski definition) is 1. The molecule has 1 N–H and O–H groups in total. The number of aromatic nitrogens is 1. The van der Waals surface area contributed by atoms with Crippen LogP contribution in [0.25, 0.3) is 22.2 Å². The Kier molecular flexibility index (Phi) is 5.69. The number of benzene rings is 3. The molecule has 0 saturated heterocycles. The predicted octanol–water partition coefficient (Wildman–Crippen LogP) is 5.51. The highest BCUT2D eigenvalue weighted by Gasteiger charge is 2.15. The number of anilines is 1. The number of carbonyl (C=O) groups is 2. The van der Waals surface area contributed by atoms with E-state index in [2.05, 4.69) is 5.32 Å². The van der Waals surface area contributed by atoms with Gasteiger partial charge in [-0.25, -0.2) is 4.98 Å². The van der Waals surface area contributed by atoms with E-state index >= 15 is 0 Å². The van der Waals surface area contributed by atoms with Gasteiger partial charge >= 0.3 is 0 Å². The van der Waals surface area contributed by atoms with E-state index in [4.69, 9.17) is 16.6 Å². The van der Waals surface area contributed by atoms with Gasteiger partial charge in [-0.15, -0.1) is 0 Å². The summed E-state index contributed by atoms with van der Waals surface area (Å²) < 4.78 is 0. The molecule has 3 aromatic carbocycles. The molecule has 0 spiro atoms. The van der Waals surface area contributed by atoms with Gasteiger partial charge in [0, 0.05) is 41.3 Å². The van der Waals surface area contributed by atoms with Gasteiger partial charge in [0.1, 0.15) is 0 Å². The highest BCUT2D eigenvalue weighted by Crippen LogP contribution is 2.26. The van der Waals surface area contributed by atoms with Gasteiger partial charge in [0.15, 0.2) is 0 Å². The third kappa shape index (κ3) is 4.42. The van der Waals surface area contributed by atoms with Gasteiger partial charge in [0.2, 0.25) is 0 Å². The molecule has 2 amide bonds. The lowest BCUT2D eigenvalue weighted by atomic mass is 10.0. The number of carbonyl (C=O) groups excluding carboxylic acids is 2. The van der Waals surface area contributed by atoms with Crippen molar-refractivity contribution in [2.75, 3.05) is 19.4 Å². The lowest BCUT2D eigenvalue weighted by Gasteiger charge is -2.13. The van der Waals surface area contributed by atoms with Crippen LogP contribution in [0.1, 0.15) is 20.7 Å². The summed E-state index contributed by atoms with van der Waals surface area (Å²) >= 11 is 6.01. The zero-order chi connectivity index (χ0) is 22.0. The molecule has 0 atom stereocenters. The Morgan fingerprint density at radius 2 is 1.65 bits per heavy atom. The van der Waals surface area contributed by atoms with Crippen molar-refractivity contribution in [1.82, 2.24) is 9.88 Å². The van der Waals surface area contributed by atoms with Crippen LogP contribution in [0.4, 0.5) is 5.69 Å². The third-order valence-corrected chi connectivity index (χ3v) is 5.13. The Morgan fingerprint density at radius 1 is 0.903 bits per heavy atom. The number of para-hydroxylation sites is 1. The Morgan fingerprint density at radius 3 is 2.39 bits per heavy atom. The third-order valence-electron chi connectivity index (χ3n) is 4.87. The standard InChI is InChI=1S/C25H20ClN3O2/c1-29(2)25(31)17-6-5-7-19(14-17)27-24(30)21-15-23(16-10-12-18(26)13-11-16)28-22-9-4-3-8-20(21)22/h3-15H,1-2H3,(H,27,30).